The summed E-state index contributed by atoms with van der Waals surface area (Å²) in [5.41, 5.74) is 0. The summed E-state index contributed by atoms with van der Waals surface area (Å²) in [5.74, 6) is -0.0573. The molecule has 0 saturated heterocycles. The molecule has 0 saturated carbocycles. The number of hydrogen-bond donors (Lipinski definition) is 2. The third-order valence-corrected chi connectivity index (χ3v) is 1.73. The van der Waals surface area contributed by atoms with Crippen LogP contribution in [0.25, 0.3) is 0 Å². The van der Waals surface area contributed by atoms with Crippen LogP contribution in [0.5, 0.6) is 0 Å². The van der Waals surface area contributed by atoms with E-state index < -0.39 is 0 Å². The zero-order chi connectivity index (χ0) is 11.5. The van der Waals surface area contributed by atoms with Gasteiger partial charge >= 0.3 is 0 Å². The predicted molar refractivity (Wildman–Crippen MR) is 61.8 cm³/mol. The lowest BCUT2D eigenvalue weighted by Gasteiger charge is -2.07. The molecule has 2 N–H and O–H groups in total. The molecule has 0 spiro atoms. The highest BCUT2D eigenvalue weighted by Gasteiger charge is 1.92. The highest BCUT2D eigenvalue weighted by atomic mass is 16.5. The second-order valence-corrected chi connectivity index (χ2v) is 3.47. The molecular weight excluding hydrogens is 192 g/mol. The van der Waals surface area contributed by atoms with Crippen molar-refractivity contribution in [3.8, 4) is 0 Å². The van der Waals surface area contributed by atoms with Gasteiger partial charge in [0.25, 0.3) is 0 Å². The van der Waals surface area contributed by atoms with E-state index in [1.54, 1.807) is 13.1 Å². The van der Waals surface area contributed by atoms with Crippen molar-refractivity contribution in [3.63, 3.8) is 0 Å². The van der Waals surface area contributed by atoms with Gasteiger partial charge in [-0.05, 0) is 32.9 Å². The number of hydrogen-bond acceptors (Lipinski definition) is 3. The van der Waals surface area contributed by atoms with Crippen LogP contribution in [-0.4, -0.2) is 38.8 Å². The van der Waals surface area contributed by atoms with Crippen LogP contribution in [0, 0.1) is 0 Å². The molecule has 0 aliphatic heterocycles. The minimum atomic E-state index is -0.0573. The van der Waals surface area contributed by atoms with Crippen LogP contribution >= 0.6 is 0 Å². The molecule has 0 aromatic rings. The molecule has 0 aliphatic carbocycles. The van der Waals surface area contributed by atoms with E-state index in [2.05, 4.69) is 10.6 Å². The molecule has 88 valence electrons. The average Bonchev–Trinajstić information content (AvgIpc) is 2.21. The van der Waals surface area contributed by atoms with Crippen LogP contribution in [0.2, 0.25) is 0 Å². The van der Waals surface area contributed by atoms with Gasteiger partial charge in [0.1, 0.15) is 0 Å². The molecule has 4 heteroatoms. The topological polar surface area (TPSA) is 50.4 Å². The summed E-state index contributed by atoms with van der Waals surface area (Å²) >= 11 is 0. The lowest BCUT2D eigenvalue weighted by Crippen LogP contribution is -2.22. The molecule has 0 radical (unpaired) electrons. The first-order valence-electron chi connectivity index (χ1n) is 5.37. The van der Waals surface area contributed by atoms with Gasteiger partial charge in [-0.3, -0.25) is 4.79 Å². The number of likely N-dealkylation sites (N-methyl/N-ethyl adjacent to an activating group) is 1. The van der Waals surface area contributed by atoms with Gasteiger partial charge in [-0.25, -0.2) is 0 Å². The highest BCUT2D eigenvalue weighted by molar-refractivity contribution is 5.87. The number of amides is 1. The average molecular weight is 214 g/mol. The van der Waals surface area contributed by atoms with Crippen molar-refractivity contribution in [3.05, 3.63) is 12.2 Å². The quantitative estimate of drug-likeness (QED) is 0.462. The van der Waals surface area contributed by atoms with Crippen molar-refractivity contribution in [2.24, 2.45) is 0 Å². The Balaban J connectivity index is 3.18. The second kappa shape index (κ2) is 9.68. The van der Waals surface area contributed by atoms with Crippen LogP contribution < -0.4 is 10.6 Å². The summed E-state index contributed by atoms with van der Waals surface area (Å²) in [5, 5.41) is 5.75. The van der Waals surface area contributed by atoms with Crippen LogP contribution in [0.15, 0.2) is 12.2 Å². The molecule has 0 aromatic heterocycles. The van der Waals surface area contributed by atoms with Gasteiger partial charge < -0.3 is 15.4 Å². The summed E-state index contributed by atoms with van der Waals surface area (Å²) in [6.45, 7) is 6.50. The third kappa shape index (κ3) is 11.1. The lowest BCUT2D eigenvalue weighted by molar-refractivity contribution is -0.116. The van der Waals surface area contributed by atoms with Crippen molar-refractivity contribution in [2.75, 3.05) is 26.7 Å². The molecule has 4 nitrogen and oxygen atoms in total. The highest BCUT2D eigenvalue weighted by Crippen LogP contribution is 1.85. The first kappa shape index (κ1) is 14.1. The van der Waals surface area contributed by atoms with Crippen LogP contribution in [0.1, 0.15) is 20.3 Å². The Labute approximate surface area is 92.1 Å². The monoisotopic (exact) mass is 214 g/mol. The van der Waals surface area contributed by atoms with Gasteiger partial charge in [0.05, 0.1) is 12.7 Å². The summed E-state index contributed by atoms with van der Waals surface area (Å²) in [4.78, 5) is 10.8. The third-order valence-electron chi connectivity index (χ3n) is 1.73. The van der Waals surface area contributed by atoms with Crippen LogP contribution in [-0.2, 0) is 9.53 Å². The number of nitrogens with one attached hydrogen (secondary N) is 2. The molecule has 0 unspecified atom stereocenters. The van der Waals surface area contributed by atoms with Gasteiger partial charge in [0.2, 0.25) is 5.91 Å². The molecule has 0 fully saturated rings. The van der Waals surface area contributed by atoms with E-state index in [9.17, 15) is 4.79 Å². The normalized spacial score (nSPS) is 11.2. The number of ether oxygens (including phenoxy) is 1. The zero-order valence-corrected chi connectivity index (χ0v) is 9.88. The fourth-order valence-electron chi connectivity index (χ4n) is 0.951. The van der Waals surface area contributed by atoms with Gasteiger partial charge in [-0.2, -0.15) is 0 Å². The molecule has 0 aromatic carbocycles. The largest absolute Gasteiger partial charge is 0.377 e. The van der Waals surface area contributed by atoms with Crippen molar-refractivity contribution < 1.29 is 9.53 Å². The van der Waals surface area contributed by atoms with E-state index in [1.165, 1.54) is 0 Å². The van der Waals surface area contributed by atoms with Gasteiger partial charge in [-0.15, -0.1) is 0 Å². The van der Waals surface area contributed by atoms with E-state index in [-0.39, 0.29) is 5.91 Å². The van der Waals surface area contributed by atoms with Crippen LogP contribution in [0.4, 0.5) is 0 Å². The Morgan fingerprint density at radius 2 is 2.13 bits per heavy atom. The lowest BCUT2D eigenvalue weighted by atomic mass is 10.3. The molecule has 0 aliphatic rings. The first-order chi connectivity index (χ1) is 7.16. The Morgan fingerprint density at radius 1 is 1.40 bits per heavy atom. The maximum atomic E-state index is 10.8. The standard InChI is InChI=1S/C11H22N2O2/c1-10(2)15-9-8-13-7-5-4-6-11(14)12-3/h4,6,10,13H,5,7-9H2,1-3H3,(H,12,14)/b6-4+. The Morgan fingerprint density at radius 3 is 2.73 bits per heavy atom. The minimum Gasteiger partial charge on any atom is -0.377 e. The van der Waals surface area contributed by atoms with Crippen molar-refractivity contribution >= 4 is 5.91 Å². The van der Waals surface area contributed by atoms with E-state index in [4.69, 9.17) is 4.74 Å². The maximum absolute atomic E-state index is 10.8. The minimum absolute atomic E-state index is 0.0573. The smallest absolute Gasteiger partial charge is 0.243 e. The van der Waals surface area contributed by atoms with Gasteiger partial charge in [0, 0.05) is 13.6 Å². The Hall–Kier alpha value is -0.870. The molecule has 1 amide bonds. The van der Waals surface area contributed by atoms with Gasteiger partial charge in [0.15, 0.2) is 0 Å². The number of rotatable bonds is 8. The second-order valence-electron chi connectivity index (χ2n) is 3.47. The van der Waals surface area contributed by atoms with Crippen molar-refractivity contribution in [2.45, 2.75) is 26.4 Å². The Bertz CT molecular complexity index is 191. The fraction of sp³-hybridized carbons (Fsp3) is 0.727. The van der Waals surface area contributed by atoms with Crippen molar-refractivity contribution in [1.82, 2.24) is 10.6 Å². The first-order valence-corrected chi connectivity index (χ1v) is 5.37. The van der Waals surface area contributed by atoms with Crippen LogP contribution in [0.3, 0.4) is 0 Å². The molecule has 0 heterocycles. The molecule has 15 heavy (non-hydrogen) atoms. The van der Waals surface area contributed by atoms with E-state index in [0.717, 1.165) is 26.1 Å². The summed E-state index contributed by atoms with van der Waals surface area (Å²) < 4.78 is 5.36. The summed E-state index contributed by atoms with van der Waals surface area (Å²) in [6, 6.07) is 0. The SMILES string of the molecule is CNC(=O)/C=C/CCNCCOC(C)C. The van der Waals surface area contributed by atoms with E-state index >= 15 is 0 Å². The number of carbonyl (C=O) groups is 1. The molecule has 0 bridgehead atoms. The summed E-state index contributed by atoms with van der Waals surface area (Å²) in [7, 11) is 1.62. The molecule has 0 rings (SSSR count). The van der Waals surface area contributed by atoms with Gasteiger partial charge in [-0.1, -0.05) is 6.08 Å². The number of carbonyl (C=O) groups excluding carboxylic acids is 1. The zero-order valence-electron chi connectivity index (χ0n) is 9.88. The Kier molecular flexibility index (Phi) is 9.11. The van der Waals surface area contributed by atoms with Crippen molar-refractivity contribution in [1.29, 1.82) is 0 Å². The maximum Gasteiger partial charge on any atom is 0.243 e. The summed E-state index contributed by atoms with van der Waals surface area (Å²) in [6.07, 6.45) is 4.55. The van der Waals surface area contributed by atoms with E-state index in [0.29, 0.717) is 6.10 Å². The van der Waals surface area contributed by atoms with E-state index in [1.807, 2.05) is 19.9 Å². The predicted octanol–water partition coefficient (Wildman–Crippen LogP) is 0.693. The fourth-order valence-corrected chi connectivity index (χ4v) is 0.951. The molecule has 0 atom stereocenters. The molecular formula is C11H22N2O2.